The van der Waals surface area contributed by atoms with Crippen molar-refractivity contribution in [3.63, 3.8) is 0 Å². The van der Waals surface area contributed by atoms with E-state index in [1.165, 1.54) is 7.11 Å². The highest BCUT2D eigenvalue weighted by atomic mass is 16.5. The lowest BCUT2D eigenvalue weighted by Gasteiger charge is -2.07. The first kappa shape index (κ1) is 30.2. The second-order valence-electron chi connectivity index (χ2n) is 8.72. The summed E-state index contributed by atoms with van der Waals surface area (Å²) in [4.78, 5) is 46.8. The molecular formula is C28H30N6O7. The van der Waals surface area contributed by atoms with Gasteiger partial charge < -0.3 is 30.4 Å². The molecule has 0 aliphatic carbocycles. The number of carbonyl (C=O) groups excluding carboxylic acids is 2. The van der Waals surface area contributed by atoms with Crippen molar-refractivity contribution in [2.45, 2.75) is 33.9 Å². The number of imidazole rings is 1. The zero-order valence-electron chi connectivity index (χ0n) is 21.8. The van der Waals surface area contributed by atoms with Crippen LogP contribution >= 0.6 is 0 Å². The lowest BCUT2D eigenvalue weighted by Crippen LogP contribution is -2.25. The maximum absolute atomic E-state index is 12.4. The van der Waals surface area contributed by atoms with Crippen LogP contribution in [-0.2, 0) is 11.3 Å². The van der Waals surface area contributed by atoms with Gasteiger partial charge in [-0.1, -0.05) is 25.6 Å². The molecule has 3 aromatic heterocycles. The van der Waals surface area contributed by atoms with Gasteiger partial charge >= 0.3 is 11.9 Å². The minimum absolute atomic E-state index is 0. The molecule has 0 aliphatic rings. The van der Waals surface area contributed by atoms with Crippen LogP contribution in [-0.4, -0.2) is 54.5 Å². The van der Waals surface area contributed by atoms with Gasteiger partial charge in [-0.2, -0.15) is 4.98 Å². The van der Waals surface area contributed by atoms with Gasteiger partial charge in [0.05, 0.1) is 18.9 Å². The third kappa shape index (κ3) is 7.02. The summed E-state index contributed by atoms with van der Waals surface area (Å²) in [6.45, 7) is 3.83. The third-order valence-corrected chi connectivity index (χ3v) is 5.75. The summed E-state index contributed by atoms with van der Waals surface area (Å²) in [5.41, 5.74) is 8.98. The summed E-state index contributed by atoms with van der Waals surface area (Å²) in [6.07, 6.45) is 1.11. The zero-order valence-corrected chi connectivity index (χ0v) is 21.8. The van der Waals surface area contributed by atoms with Gasteiger partial charge in [-0.15, -0.1) is 0 Å². The lowest BCUT2D eigenvalue weighted by atomic mass is 10.1. The van der Waals surface area contributed by atoms with E-state index in [-0.39, 0.29) is 43.1 Å². The van der Waals surface area contributed by atoms with E-state index in [1.54, 1.807) is 37.3 Å². The Balaban J connectivity index is 0.000000280. The summed E-state index contributed by atoms with van der Waals surface area (Å²) in [7, 11) is 1.36. The minimum atomic E-state index is -1.28. The molecule has 2 aromatic carbocycles. The highest BCUT2D eigenvalue weighted by molar-refractivity contribution is 5.96. The van der Waals surface area contributed by atoms with Crippen molar-refractivity contribution in [2.24, 2.45) is 5.73 Å². The number of aromatic nitrogens is 4. The van der Waals surface area contributed by atoms with Crippen LogP contribution in [0, 0.1) is 6.92 Å². The number of fused-ring (bicyclic) bond motifs is 2. The number of hydrogen-bond donors (Lipinski definition) is 4. The molecule has 0 aliphatic heterocycles. The molecule has 13 heteroatoms. The number of nitrogens with two attached hydrogens (primary N) is 1. The van der Waals surface area contributed by atoms with Gasteiger partial charge in [0, 0.05) is 25.6 Å². The summed E-state index contributed by atoms with van der Waals surface area (Å²) < 4.78 is 11.1. The number of carbonyl (C=O) groups is 3. The van der Waals surface area contributed by atoms with E-state index >= 15 is 0 Å². The SMILES string of the molecule is C.COC(=O)c1ccc([C@@H](C)N)cc1.Cc1nc2cc(CNC(=O)c3cc(C(=O)O)n4cc(O)nc4n3)ccc2o1. The summed E-state index contributed by atoms with van der Waals surface area (Å²) >= 11 is 0. The van der Waals surface area contributed by atoms with Crippen molar-refractivity contribution in [1.82, 2.24) is 24.7 Å². The number of benzene rings is 2. The number of carboxylic acids is 1. The Bertz CT molecular complexity index is 1710. The predicted molar refractivity (Wildman–Crippen MR) is 149 cm³/mol. The van der Waals surface area contributed by atoms with Crippen molar-refractivity contribution >= 4 is 34.7 Å². The van der Waals surface area contributed by atoms with Crippen molar-refractivity contribution in [3.8, 4) is 5.88 Å². The number of rotatable bonds is 6. The maximum atomic E-state index is 12.4. The molecule has 0 unspecified atom stereocenters. The number of methoxy groups -OCH3 is 1. The van der Waals surface area contributed by atoms with E-state index in [1.807, 2.05) is 19.1 Å². The topological polar surface area (TPSA) is 195 Å². The highest BCUT2D eigenvalue weighted by Crippen LogP contribution is 2.17. The monoisotopic (exact) mass is 562 g/mol. The average Bonchev–Trinajstić information content (AvgIpc) is 3.50. The standard InChI is InChI=1S/C17H13N5O5.C10H13NO2.CH4/c1-8-19-10-4-9(2-3-13(10)27-8)6-18-15(24)11-5-12(16(25)26)22-7-14(23)21-17(22)20-11;1-7(11)8-3-5-9(6-4-8)10(12)13-2;/h2-5,7,23H,6H2,1H3,(H,18,24)(H,25,26);3-7H,11H2,1-2H3;1H4/t;7-;/m.1./s1. The van der Waals surface area contributed by atoms with E-state index in [0.717, 1.165) is 27.8 Å². The van der Waals surface area contributed by atoms with Crippen LogP contribution < -0.4 is 11.1 Å². The van der Waals surface area contributed by atoms with E-state index in [9.17, 15) is 24.6 Å². The molecule has 41 heavy (non-hydrogen) atoms. The Morgan fingerprint density at radius 2 is 1.80 bits per heavy atom. The van der Waals surface area contributed by atoms with Gasteiger partial charge in [0.15, 0.2) is 11.5 Å². The van der Waals surface area contributed by atoms with E-state index in [2.05, 4.69) is 25.0 Å². The summed E-state index contributed by atoms with van der Waals surface area (Å²) in [5, 5.41) is 21.4. The molecule has 0 radical (unpaired) electrons. The molecule has 0 bridgehead atoms. The number of nitrogens with one attached hydrogen (secondary N) is 1. The van der Waals surface area contributed by atoms with Crippen LogP contribution in [0.25, 0.3) is 16.9 Å². The Morgan fingerprint density at radius 1 is 1.10 bits per heavy atom. The fraction of sp³-hybridized carbons (Fsp3) is 0.214. The Labute approximate surface area is 234 Å². The van der Waals surface area contributed by atoms with E-state index in [4.69, 9.17) is 10.2 Å². The number of nitrogens with zero attached hydrogens (tertiary/aromatic N) is 4. The molecule has 0 spiro atoms. The van der Waals surface area contributed by atoms with Crippen molar-refractivity contribution in [2.75, 3.05) is 7.11 Å². The Hall–Kier alpha value is -5.30. The molecule has 0 saturated heterocycles. The van der Waals surface area contributed by atoms with E-state index in [0.29, 0.717) is 22.6 Å². The molecule has 1 atom stereocenters. The number of oxazole rings is 1. The number of hydrogen-bond acceptors (Lipinski definition) is 10. The normalized spacial score (nSPS) is 11.2. The zero-order chi connectivity index (χ0) is 29.0. The molecule has 5 aromatic rings. The van der Waals surface area contributed by atoms with Crippen molar-refractivity contribution in [1.29, 1.82) is 0 Å². The predicted octanol–water partition coefficient (Wildman–Crippen LogP) is 3.64. The molecule has 5 N–H and O–H groups in total. The third-order valence-electron chi connectivity index (χ3n) is 5.75. The van der Waals surface area contributed by atoms with Gasteiger partial charge in [0.25, 0.3) is 5.91 Å². The minimum Gasteiger partial charge on any atom is -0.492 e. The van der Waals surface area contributed by atoms with Gasteiger partial charge in [-0.25, -0.2) is 19.6 Å². The smallest absolute Gasteiger partial charge is 0.353 e. The van der Waals surface area contributed by atoms with Gasteiger partial charge in [-0.05, 0) is 42.3 Å². The largest absolute Gasteiger partial charge is 0.492 e. The summed E-state index contributed by atoms with van der Waals surface area (Å²) in [5.74, 6) is -2.10. The fourth-order valence-electron chi connectivity index (χ4n) is 3.75. The summed E-state index contributed by atoms with van der Waals surface area (Å²) in [6, 6.07) is 13.5. The molecule has 0 saturated carbocycles. The first-order valence-corrected chi connectivity index (χ1v) is 12.0. The van der Waals surface area contributed by atoms with Gasteiger partial charge in [0.1, 0.15) is 16.9 Å². The molecule has 214 valence electrons. The second-order valence-corrected chi connectivity index (χ2v) is 8.72. The number of aryl methyl sites for hydroxylation is 1. The number of amides is 1. The Kier molecular flexibility index (Phi) is 9.37. The van der Waals surface area contributed by atoms with Crippen LogP contribution in [0.1, 0.15) is 68.7 Å². The van der Waals surface area contributed by atoms with Crippen LogP contribution in [0.2, 0.25) is 0 Å². The number of aromatic carboxylic acids is 1. The number of aromatic hydroxyl groups is 1. The maximum Gasteiger partial charge on any atom is 0.353 e. The van der Waals surface area contributed by atoms with Crippen LogP contribution in [0.4, 0.5) is 0 Å². The average molecular weight is 563 g/mol. The van der Waals surface area contributed by atoms with Crippen LogP contribution in [0.15, 0.2) is 59.1 Å². The van der Waals surface area contributed by atoms with Crippen LogP contribution in [0.5, 0.6) is 5.88 Å². The molecular weight excluding hydrogens is 532 g/mol. The number of carboxylic acid groups (broad SMARTS) is 1. The van der Waals surface area contributed by atoms with Gasteiger partial charge in [-0.3, -0.25) is 9.20 Å². The lowest BCUT2D eigenvalue weighted by molar-refractivity contribution is 0.0599. The molecule has 3 heterocycles. The van der Waals surface area contributed by atoms with Crippen molar-refractivity contribution in [3.05, 3.63) is 88.7 Å². The van der Waals surface area contributed by atoms with E-state index < -0.39 is 17.8 Å². The number of esters is 1. The van der Waals surface area contributed by atoms with Gasteiger partial charge in [0.2, 0.25) is 11.7 Å². The molecule has 0 fully saturated rings. The first-order valence-electron chi connectivity index (χ1n) is 12.0. The second kappa shape index (κ2) is 12.7. The fourth-order valence-corrected chi connectivity index (χ4v) is 3.75. The van der Waals surface area contributed by atoms with Crippen LogP contribution in [0.3, 0.4) is 0 Å². The quantitative estimate of drug-likeness (QED) is 0.221. The molecule has 5 rings (SSSR count). The van der Waals surface area contributed by atoms with Crippen molar-refractivity contribution < 1.29 is 33.8 Å². The number of ether oxygens (including phenoxy) is 1. The highest BCUT2D eigenvalue weighted by Gasteiger charge is 2.18. The molecule has 1 amide bonds. The molecule has 13 nitrogen and oxygen atoms in total. The first-order chi connectivity index (χ1) is 19.0. The Morgan fingerprint density at radius 3 is 2.44 bits per heavy atom.